The van der Waals surface area contributed by atoms with E-state index in [-0.39, 0.29) is 31.4 Å². The number of hydrogen-bond donors (Lipinski definition) is 0. The quantitative estimate of drug-likeness (QED) is 0.591. The van der Waals surface area contributed by atoms with E-state index in [0.29, 0.717) is 5.02 Å². The SMILES string of the molecule is CCOC(=O)CN1C(=O)CC(c2cccc(Cl)c2)c2c1ccc1ccccc21. The molecule has 0 spiro atoms. The van der Waals surface area contributed by atoms with Crippen LogP contribution < -0.4 is 4.90 Å². The molecule has 0 fully saturated rings. The van der Waals surface area contributed by atoms with Crippen LogP contribution in [0.25, 0.3) is 10.8 Å². The van der Waals surface area contributed by atoms with E-state index in [4.69, 9.17) is 16.3 Å². The number of benzene rings is 3. The summed E-state index contributed by atoms with van der Waals surface area (Å²) in [6, 6.07) is 19.6. The maximum absolute atomic E-state index is 13.0. The number of ether oxygens (including phenoxy) is 1. The van der Waals surface area contributed by atoms with Crippen LogP contribution in [0.3, 0.4) is 0 Å². The molecule has 0 saturated heterocycles. The van der Waals surface area contributed by atoms with Gasteiger partial charge in [0.15, 0.2) is 0 Å². The Morgan fingerprint density at radius 1 is 1.14 bits per heavy atom. The van der Waals surface area contributed by atoms with Gasteiger partial charge in [0.1, 0.15) is 6.54 Å². The highest BCUT2D eigenvalue weighted by Gasteiger charge is 2.34. The van der Waals surface area contributed by atoms with Gasteiger partial charge in [0.05, 0.1) is 6.61 Å². The minimum atomic E-state index is -0.406. The summed E-state index contributed by atoms with van der Waals surface area (Å²) < 4.78 is 5.07. The number of carbonyl (C=O) groups is 2. The van der Waals surface area contributed by atoms with Crippen LogP contribution in [-0.2, 0) is 14.3 Å². The third kappa shape index (κ3) is 3.36. The molecule has 5 heteroatoms. The van der Waals surface area contributed by atoms with E-state index in [9.17, 15) is 9.59 Å². The number of hydrogen-bond acceptors (Lipinski definition) is 3. The van der Waals surface area contributed by atoms with E-state index in [2.05, 4.69) is 12.1 Å². The topological polar surface area (TPSA) is 46.6 Å². The van der Waals surface area contributed by atoms with Gasteiger partial charge in [0.2, 0.25) is 5.91 Å². The van der Waals surface area contributed by atoms with E-state index in [1.165, 1.54) is 0 Å². The molecular formula is C23H20ClNO3. The molecule has 4 nitrogen and oxygen atoms in total. The van der Waals surface area contributed by atoms with Crippen molar-refractivity contribution in [1.29, 1.82) is 0 Å². The van der Waals surface area contributed by atoms with Gasteiger partial charge in [-0.3, -0.25) is 9.59 Å². The molecule has 1 unspecified atom stereocenters. The molecule has 0 aromatic heterocycles. The molecule has 1 amide bonds. The normalized spacial score (nSPS) is 16.1. The second-order valence-corrected chi connectivity index (χ2v) is 7.25. The molecule has 0 radical (unpaired) electrons. The number of amides is 1. The van der Waals surface area contributed by atoms with E-state index < -0.39 is 5.97 Å². The van der Waals surface area contributed by atoms with Gasteiger partial charge in [0.25, 0.3) is 0 Å². The number of halogens is 1. The van der Waals surface area contributed by atoms with Crippen molar-refractivity contribution in [3.8, 4) is 0 Å². The Kier molecular flexibility index (Phi) is 5.05. The van der Waals surface area contributed by atoms with Crippen molar-refractivity contribution in [2.45, 2.75) is 19.3 Å². The van der Waals surface area contributed by atoms with Gasteiger partial charge in [-0.25, -0.2) is 0 Å². The number of esters is 1. The summed E-state index contributed by atoms with van der Waals surface area (Å²) in [5, 5.41) is 2.81. The van der Waals surface area contributed by atoms with Crippen LogP contribution in [0.2, 0.25) is 5.02 Å². The number of carbonyl (C=O) groups excluding carboxylic acids is 2. The first-order valence-corrected chi connectivity index (χ1v) is 9.69. The zero-order valence-corrected chi connectivity index (χ0v) is 16.3. The molecule has 1 aliphatic heterocycles. The summed E-state index contributed by atoms with van der Waals surface area (Å²) in [7, 11) is 0. The standard InChI is InChI=1S/C23H20ClNO3/c1-2-28-22(27)14-25-20-11-10-15-6-3-4-9-18(15)23(20)19(13-21(25)26)16-7-5-8-17(24)12-16/h3-12,19H,2,13-14H2,1H3. The molecule has 28 heavy (non-hydrogen) atoms. The molecule has 4 rings (SSSR count). The lowest BCUT2D eigenvalue weighted by Crippen LogP contribution is -2.41. The molecule has 0 N–H and O–H groups in total. The van der Waals surface area contributed by atoms with Crippen LogP contribution in [0, 0.1) is 0 Å². The summed E-state index contributed by atoms with van der Waals surface area (Å²) in [5.74, 6) is -0.622. The maximum atomic E-state index is 13.0. The van der Waals surface area contributed by atoms with Gasteiger partial charge in [-0.2, -0.15) is 0 Å². The zero-order valence-electron chi connectivity index (χ0n) is 15.5. The minimum absolute atomic E-state index is 0.0831. The van der Waals surface area contributed by atoms with Crippen molar-refractivity contribution >= 4 is 39.9 Å². The molecule has 0 saturated carbocycles. The number of nitrogens with zero attached hydrogens (tertiary/aromatic N) is 1. The Labute approximate surface area is 168 Å². The molecule has 1 heterocycles. The summed E-state index contributed by atoms with van der Waals surface area (Å²) >= 11 is 6.22. The molecule has 0 bridgehead atoms. The van der Waals surface area contributed by atoms with Crippen molar-refractivity contribution in [3.63, 3.8) is 0 Å². The van der Waals surface area contributed by atoms with E-state index in [1.807, 2.05) is 48.5 Å². The Bertz CT molecular complexity index is 1060. The third-order valence-corrected chi connectivity index (χ3v) is 5.35. The van der Waals surface area contributed by atoms with E-state index >= 15 is 0 Å². The molecule has 142 valence electrons. The number of rotatable bonds is 4. The van der Waals surface area contributed by atoms with Crippen molar-refractivity contribution in [3.05, 3.63) is 76.8 Å². The highest BCUT2D eigenvalue weighted by atomic mass is 35.5. The second kappa shape index (κ2) is 7.64. The summed E-state index contributed by atoms with van der Waals surface area (Å²) in [6.45, 7) is 1.96. The largest absolute Gasteiger partial charge is 0.465 e. The Morgan fingerprint density at radius 2 is 1.96 bits per heavy atom. The van der Waals surface area contributed by atoms with Gasteiger partial charge in [-0.05, 0) is 47.0 Å². The van der Waals surface area contributed by atoms with Crippen molar-refractivity contribution < 1.29 is 14.3 Å². The lowest BCUT2D eigenvalue weighted by atomic mass is 9.81. The lowest BCUT2D eigenvalue weighted by molar-refractivity contribution is -0.142. The van der Waals surface area contributed by atoms with Gasteiger partial charge in [-0.15, -0.1) is 0 Å². The van der Waals surface area contributed by atoms with Crippen molar-refractivity contribution in [2.24, 2.45) is 0 Å². The molecule has 0 aliphatic carbocycles. The second-order valence-electron chi connectivity index (χ2n) is 6.82. The first-order valence-electron chi connectivity index (χ1n) is 9.31. The van der Waals surface area contributed by atoms with Gasteiger partial charge in [-0.1, -0.05) is 54.1 Å². The zero-order chi connectivity index (χ0) is 19.7. The lowest BCUT2D eigenvalue weighted by Gasteiger charge is -2.34. The van der Waals surface area contributed by atoms with Crippen LogP contribution in [0.1, 0.15) is 30.4 Å². The minimum Gasteiger partial charge on any atom is -0.465 e. The average Bonchev–Trinajstić information content (AvgIpc) is 2.69. The first-order chi connectivity index (χ1) is 13.6. The summed E-state index contributed by atoms with van der Waals surface area (Å²) in [5.41, 5.74) is 2.80. The van der Waals surface area contributed by atoms with Gasteiger partial charge < -0.3 is 9.64 Å². The Hall–Kier alpha value is -2.85. The summed E-state index contributed by atoms with van der Waals surface area (Å²) in [4.78, 5) is 26.6. The van der Waals surface area contributed by atoms with Crippen LogP contribution in [-0.4, -0.2) is 25.0 Å². The third-order valence-electron chi connectivity index (χ3n) is 5.11. The molecule has 3 aromatic rings. The predicted molar refractivity (Wildman–Crippen MR) is 111 cm³/mol. The highest BCUT2D eigenvalue weighted by molar-refractivity contribution is 6.30. The number of anilines is 1. The molecule has 3 aromatic carbocycles. The molecule has 1 atom stereocenters. The monoisotopic (exact) mass is 393 g/mol. The van der Waals surface area contributed by atoms with Gasteiger partial charge >= 0.3 is 5.97 Å². The predicted octanol–water partition coefficient (Wildman–Crippen LogP) is 4.92. The Balaban J connectivity index is 1.89. The average molecular weight is 394 g/mol. The number of fused-ring (bicyclic) bond motifs is 3. The van der Waals surface area contributed by atoms with Crippen LogP contribution in [0.15, 0.2) is 60.7 Å². The molecular weight excluding hydrogens is 374 g/mol. The highest BCUT2D eigenvalue weighted by Crippen LogP contribution is 2.44. The fourth-order valence-corrected chi connectivity index (χ4v) is 4.12. The van der Waals surface area contributed by atoms with E-state index in [0.717, 1.165) is 27.6 Å². The fourth-order valence-electron chi connectivity index (χ4n) is 3.92. The fraction of sp³-hybridized carbons (Fsp3) is 0.217. The van der Waals surface area contributed by atoms with E-state index in [1.54, 1.807) is 11.8 Å². The first kappa shape index (κ1) is 18.5. The van der Waals surface area contributed by atoms with Crippen LogP contribution >= 0.6 is 11.6 Å². The van der Waals surface area contributed by atoms with Gasteiger partial charge in [0, 0.05) is 23.0 Å². The maximum Gasteiger partial charge on any atom is 0.326 e. The van der Waals surface area contributed by atoms with Crippen LogP contribution in [0.4, 0.5) is 5.69 Å². The van der Waals surface area contributed by atoms with Crippen molar-refractivity contribution in [1.82, 2.24) is 0 Å². The summed E-state index contributed by atoms with van der Waals surface area (Å²) in [6.07, 6.45) is 0.279. The smallest absolute Gasteiger partial charge is 0.326 e. The van der Waals surface area contributed by atoms with Crippen LogP contribution in [0.5, 0.6) is 0 Å². The Morgan fingerprint density at radius 3 is 2.75 bits per heavy atom. The van der Waals surface area contributed by atoms with Crippen molar-refractivity contribution in [2.75, 3.05) is 18.1 Å². The molecule has 1 aliphatic rings.